The molecule has 0 spiro atoms. The van der Waals surface area contributed by atoms with Crippen molar-refractivity contribution in [2.24, 2.45) is 5.73 Å². The summed E-state index contributed by atoms with van der Waals surface area (Å²) >= 11 is 0. The molecule has 0 atom stereocenters. The minimum atomic E-state index is -0.280. The van der Waals surface area contributed by atoms with Gasteiger partial charge in [-0.3, -0.25) is 4.79 Å². The summed E-state index contributed by atoms with van der Waals surface area (Å²) in [6.45, 7) is 8.91. The molecule has 0 bridgehead atoms. The van der Waals surface area contributed by atoms with Crippen LogP contribution >= 0.6 is 0 Å². The minimum Gasteiger partial charge on any atom is -0.374 e. The first kappa shape index (κ1) is 13.4. The lowest BCUT2D eigenvalue weighted by atomic mass is 10.0. The van der Waals surface area contributed by atoms with E-state index in [4.69, 9.17) is 10.5 Å². The van der Waals surface area contributed by atoms with E-state index in [9.17, 15) is 4.79 Å². The van der Waals surface area contributed by atoms with Crippen molar-refractivity contribution in [2.45, 2.75) is 45.3 Å². The summed E-state index contributed by atoms with van der Waals surface area (Å²) in [5, 5.41) is 2.73. The summed E-state index contributed by atoms with van der Waals surface area (Å²) in [4.78, 5) is 10.3. The maximum atomic E-state index is 10.3. The Kier molecular flexibility index (Phi) is 5.08. The first-order valence-electron chi connectivity index (χ1n) is 4.88. The molecule has 0 aromatic heterocycles. The van der Waals surface area contributed by atoms with E-state index in [1.54, 1.807) is 0 Å². The first-order chi connectivity index (χ1) is 6.33. The average Bonchev–Trinajstić information content (AvgIpc) is 2.03. The van der Waals surface area contributed by atoms with Gasteiger partial charge in [-0.25, -0.2) is 0 Å². The Morgan fingerprint density at radius 2 is 1.93 bits per heavy atom. The van der Waals surface area contributed by atoms with Crippen LogP contribution in [0.15, 0.2) is 0 Å². The van der Waals surface area contributed by atoms with Crippen molar-refractivity contribution < 1.29 is 9.53 Å². The zero-order chi connectivity index (χ0) is 11.2. The lowest BCUT2D eigenvalue weighted by molar-refractivity contribution is -0.111. The number of carbonyl (C=O) groups is 1. The Morgan fingerprint density at radius 3 is 2.36 bits per heavy atom. The molecule has 0 saturated heterocycles. The van der Waals surface area contributed by atoms with Gasteiger partial charge in [0.15, 0.2) is 0 Å². The van der Waals surface area contributed by atoms with Crippen molar-refractivity contribution in [3.8, 4) is 0 Å². The standard InChI is InChI=1S/C10H22N2O2/c1-9(2,12-8-13)5-6-14-10(3,4)7-11/h8H,5-7,11H2,1-4H3,(H,12,13). The molecule has 14 heavy (non-hydrogen) atoms. The Balaban J connectivity index is 3.78. The normalized spacial score (nSPS) is 12.6. The Bertz CT molecular complexity index is 179. The second-order valence-electron chi connectivity index (χ2n) is 4.71. The van der Waals surface area contributed by atoms with Crippen LogP contribution < -0.4 is 11.1 Å². The fraction of sp³-hybridized carbons (Fsp3) is 0.900. The van der Waals surface area contributed by atoms with E-state index in [0.717, 1.165) is 6.42 Å². The molecule has 0 fully saturated rings. The van der Waals surface area contributed by atoms with Crippen molar-refractivity contribution in [1.82, 2.24) is 5.32 Å². The molecule has 84 valence electrons. The molecule has 4 nitrogen and oxygen atoms in total. The van der Waals surface area contributed by atoms with Crippen LogP contribution in [0, 0.1) is 0 Å². The maximum Gasteiger partial charge on any atom is 0.207 e. The molecular formula is C10H22N2O2. The second-order valence-corrected chi connectivity index (χ2v) is 4.71. The van der Waals surface area contributed by atoms with Crippen molar-refractivity contribution in [2.75, 3.05) is 13.2 Å². The molecule has 0 saturated carbocycles. The molecule has 0 aliphatic carbocycles. The number of nitrogens with two attached hydrogens (primary N) is 1. The van der Waals surface area contributed by atoms with Crippen LogP contribution in [0.5, 0.6) is 0 Å². The monoisotopic (exact) mass is 202 g/mol. The second kappa shape index (κ2) is 5.32. The van der Waals surface area contributed by atoms with Crippen LogP contribution in [0.2, 0.25) is 0 Å². The molecule has 1 amide bonds. The van der Waals surface area contributed by atoms with E-state index in [1.807, 2.05) is 27.7 Å². The fourth-order valence-corrected chi connectivity index (χ4v) is 0.873. The van der Waals surface area contributed by atoms with Gasteiger partial charge in [-0.15, -0.1) is 0 Å². The molecule has 3 N–H and O–H groups in total. The summed E-state index contributed by atoms with van der Waals surface area (Å²) in [7, 11) is 0. The van der Waals surface area contributed by atoms with Gasteiger partial charge in [0.2, 0.25) is 6.41 Å². The number of hydrogen-bond donors (Lipinski definition) is 2. The highest BCUT2D eigenvalue weighted by molar-refractivity contribution is 5.47. The third-order valence-electron chi connectivity index (χ3n) is 2.16. The number of rotatable bonds is 7. The summed E-state index contributed by atoms with van der Waals surface area (Å²) in [6, 6.07) is 0. The Labute approximate surface area is 86.2 Å². The van der Waals surface area contributed by atoms with E-state index in [2.05, 4.69) is 5.32 Å². The predicted molar refractivity (Wildman–Crippen MR) is 57.0 cm³/mol. The maximum absolute atomic E-state index is 10.3. The van der Waals surface area contributed by atoms with E-state index in [-0.39, 0.29) is 11.1 Å². The third kappa shape index (κ3) is 5.94. The third-order valence-corrected chi connectivity index (χ3v) is 2.16. The first-order valence-corrected chi connectivity index (χ1v) is 4.88. The number of ether oxygens (including phenoxy) is 1. The Morgan fingerprint density at radius 1 is 1.36 bits per heavy atom. The van der Waals surface area contributed by atoms with Gasteiger partial charge < -0.3 is 15.8 Å². The van der Waals surface area contributed by atoms with Crippen molar-refractivity contribution in [3.63, 3.8) is 0 Å². The number of amides is 1. The molecule has 0 aromatic rings. The molecule has 0 aliphatic rings. The van der Waals surface area contributed by atoms with Gasteiger partial charge in [0.25, 0.3) is 0 Å². The highest BCUT2D eigenvalue weighted by atomic mass is 16.5. The van der Waals surface area contributed by atoms with Crippen LogP contribution in [-0.2, 0) is 9.53 Å². The van der Waals surface area contributed by atoms with Crippen LogP contribution in [0.4, 0.5) is 0 Å². The zero-order valence-electron chi connectivity index (χ0n) is 9.59. The molecule has 0 radical (unpaired) electrons. The van der Waals surface area contributed by atoms with Crippen molar-refractivity contribution in [1.29, 1.82) is 0 Å². The molecule has 0 rings (SSSR count). The van der Waals surface area contributed by atoms with Gasteiger partial charge in [0.1, 0.15) is 0 Å². The van der Waals surface area contributed by atoms with E-state index in [0.29, 0.717) is 19.6 Å². The van der Waals surface area contributed by atoms with Crippen molar-refractivity contribution >= 4 is 6.41 Å². The highest BCUT2D eigenvalue weighted by Gasteiger charge is 2.20. The minimum absolute atomic E-state index is 0.216. The highest BCUT2D eigenvalue weighted by Crippen LogP contribution is 2.12. The van der Waals surface area contributed by atoms with Gasteiger partial charge in [-0.2, -0.15) is 0 Å². The van der Waals surface area contributed by atoms with Gasteiger partial charge in [-0.05, 0) is 34.1 Å². The van der Waals surface area contributed by atoms with E-state index >= 15 is 0 Å². The predicted octanol–water partition coefficient (Wildman–Crippen LogP) is 0.655. The zero-order valence-corrected chi connectivity index (χ0v) is 9.59. The smallest absolute Gasteiger partial charge is 0.207 e. The topological polar surface area (TPSA) is 64.3 Å². The molecule has 0 unspecified atom stereocenters. The summed E-state index contributed by atoms with van der Waals surface area (Å²) < 4.78 is 5.58. The lowest BCUT2D eigenvalue weighted by Gasteiger charge is -2.28. The summed E-state index contributed by atoms with van der Waals surface area (Å²) in [5.41, 5.74) is 5.02. The van der Waals surface area contributed by atoms with Gasteiger partial charge in [-0.1, -0.05) is 0 Å². The van der Waals surface area contributed by atoms with Crippen LogP contribution in [-0.4, -0.2) is 30.7 Å². The van der Waals surface area contributed by atoms with E-state index in [1.165, 1.54) is 0 Å². The summed E-state index contributed by atoms with van der Waals surface area (Å²) in [6.07, 6.45) is 1.49. The largest absolute Gasteiger partial charge is 0.374 e. The van der Waals surface area contributed by atoms with Gasteiger partial charge >= 0.3 is 0 Å². The molecule has 0 aromatic carbocycles. The van der Waals surface area contributed by atoms with Crippen LogP contribution in [0.1, 0.15) is 34.1 Å². The summed E-state index contributed by atoms with van der Waals surface area (Å²) in [5.74, 6) is 0. The van der Waals surface area contributed by atoms with E-state index < -0.39 is 0 Å². The van der Waals surface area contributed by atoms with Crippen molar-refractivity contribution in [3.05, 3.63) is 0 Å². The lowest BCUT2D eigenvalue weighted by Crippen LogP contribution is -2.41. The van der Waals surface area contributed by atoms with Gasteiger partial charge in [0.05, 0.1) is 5.60 Å². The van der Waals surface area contributed by atoms with Crippen LogP contribution in [0.3, 0.4) is 0 Å². The average molecular weight is 202 g/mol. The fourth-order valence-electron chi connectivity index (χ4n) is 0.873. The molecule has 4 heteroatoms. The molecule has 0 heterocycles. The molecule has 0 aliphatic heterocycles. The SMILES string of the molecule is CC(C)(CCOC(C)(C)CN)NC=O. The Hall–Kier alpha value is -0.610. The number of hydrogen-bond acceptors (Lipinski definition) is 3. The number of nitrogens with one attached hydrogen (secondary N) is 1. The number of carbonyl (C=O) groups excluding carboxylic acids is 1. The van der Waals surface area contributed by atoms with Gasteiger partial charge in [0, 0.05) is 18.7 Å². The van der Waals surface area contributed by atoms with Crippen LogP contribution in [0.25, 0.3) is 0 Å². The quantitative estimate of drug-likeness (QED) is 0.596. The molecular weight excluding hydrogens is 180 g/mol.